The molecule has 1 N–H and O–H groups in total. The Morgan fingerprint density at radius 1 is 1.55 bits per heavy atom. The van der Waals surface area contributed by atoms with Gasteiger partial charge in [-0.1, -0.05) is 17.7 Å². The minimum atomic E-state index is -3.54. The molecule has 0 saturated carbocycles. The SMILES string of the molecule is C=CCS(=O)(=O)C(C)C(=O)Nc1ccc(OC)c(Cl)c1. The van der Waals surface area contributed by atoms with Gasteiger partial charge < -0.3 is 10.1 Å². The fraction of sp³-hybridized carbons (Fsp3) is 0.308. The van der Waals surface area contributed by atoms with E-state index in [1.165, 1.54) is 26.2 Å². The Kier molecular flexibility index (Phi) is 5.59. The highest BCUT2D eigenvalue weighted by Crippen LogP contribution is 2.27. The number of carbonyl (C=O) groups is 1. The highest BCUT2D eigenvalue weighted by molar-refractivity contribution is 7.92. The smallest absolute Gasteiger partial charge is 0.242 e. The molecule has 0 aliphatic rings. The van der Waals surface area contributed by atoms with E-state index in [9.17, 15) is 13.2 Å². The molecule has 0 bridgehead atoms. The summed E-state index contributed by atoms with van der Waals surface area (Å²) in [5.41, 5.74) is 0.404. The number of hydrogen-bond donors (Lipinski definition) is 1. The topological polar surface area (TPSA) is 72.5 Å². The first kappa shape index (κ1) is 16.5. The van der Waals surface area contributed by atoms with Crippen LogP contribution >= 0.6 is 11.6 Å². The molecular formula is C13H16ClNO4S. The summed E-state index contributed by atoms with van der Waals surface area (Å²) in [7, 11) is -2.06. The molecule has 1 aromatic rings. The number of anilines is 1. The second-order valence-corrected chi connectivity index (χ2v) is 6.87. The minimum Gasteiger partial charge on any atom is -0.495 e. The average molecular weight is 318 g/mol. The summed E-state index contributed by atoms with van der Waals surface area (Å²) in [4.78, 5) is 11.9. The lowest BCUT2D eigenvalue weighted by Gasteiger charge is -2.13. The Bertz CT molecular complexity index is 613. The van der Waals surface area contributed by atoms with E-state index in [1.807, 2.05) is 0 Å². The molecule has 20 heavy (non-hydrogen) atoms. The molecule has 1 aromatic carbocycles. The van der Waals surface area contributed by atoms with Crippen molar-refractivity contribution >= 4 is 33.0 Å². The van der Waals surface area contributed by atoms with Crippen molar-refractivity contribution in [3.63, 3.8) is 0 Å². The minimum absolute atomic E-state index is 0.245. The van der Waals surface area contributed by atoms with Crippen LogP contribution in [0, 0.1) is 0 Å². The van der Waals surface area contributed by atoms with Gasteiger partial charge in [0.05, 0.1) is 17.9 Å². The van der Waals surface area contributed by atoms with E-state index in [1.54, 1.807) is 12.1 Å². The molecular weight excluding hydrogens is 302 g/mol. The van der Waals surface area contributed by atoms with Crippen LogP contribution in [-0.2, 0) is 14.6 Å². The molecule has 110 valence electrons. The molecule has 1 atom stereocenters. The van der Waals surface area contributed by atoms with Gasteiger partial charge in [0.1, 0.15) is 11.0 Å². The van der Waals surface area contributed by atoms with Gasteiger partial charge in [-0.05, 0) is 25.1 Å². The normalized spacial score (nSPS) is 12.6. The third-order valence-electron chi connectivity index (χ3n) is 2.68. The Balaban J connectivity index is 2.86. The van der Waals surface area contributed by atoms with E-state index in [4.69, 9.17) is 16.3 Å². The van der Waals surface area contributed by atoms with Gasteiger partial charge in [-0.2, -0.15) is 0 Å². The number of sulfone groups is 1. The third kappa shape index (κ3) is 3.98. The van der Waals surface area contributed by atoms with Crippen molar-refractivity contribution in [3.05, 3.63) is 35.9 Å². The van der Waals surface area contributed by atoms with Crippen molar-refractivity contribution < 1.29 is 17.9 Å². The summed E-state index contributed by atoms with van der Waals surface area (Å²) < 4.78 is 28.5. The van der Waals surface area contributed by atoms with Gasteiger partial charge in [0, 0.05) is 5.69 Å². The number of hydrogen-bond acceptors (Lipinski definition) is 4. The fourth-order valence-electron chi connectivity index (χ4n) is 1.46. The van der Waals surface area contributed by atoms with Crippen LogP contribution in [0.15, 0.2) is 30.9 Å². The largest absolute Gasteiger partial charge is 0.495 e. The van der Waals surface area contributed by atoms with Gasteiger partial charge in [0.25, 0.3) is 0 Å². The summed E-state index contributed by atoms with van der Waals surface area (Å²) in [6.07, 6.45) is 1.25. The molecule has 0 aromatic heterocycles. The Labute approximate surface area is 123 Å². The van der Waals surface area contributed by atoms with Gasteiger partial charge in [-0.15, -0.1) is 6.58 Å². The van der Waals surface area contributed by atoms with Crippen LogP contribution in [0.25, 0.3) is 0 Å². The summed E-state index contributed by atoms with van der Waals surface area (Å²) in [6.45, 7) is 4.69. The van der Waals surface area contributed by atoms with E-state index in [2.05, 4.69) is 11.9 Å². The van der Waals surface area contributed by atoms with Crippen molar-refractivity contribution in [1.29, 1.82) is 0 Å². The lowest BCUT2D eigenvalue weighted by Crippen LogP contribution is -2.33. The summed E-state index contributed by atoms with van der Waals surface area (Å²) in [5, 5.41) is 1.67. The van der Waals surface area contributed by atoms with Crippen molar-refractivity contribution in [2.45, 2.75) is 12.2 Å². The quantitative estimate of drug-likeness (QED) is 0.817. The van der Waals surface area contributed by atoms with Crippen molar-refractivity contribution in [3.8, 4) is 5.75 Å². The van der Waals surface area contributed by atoms with E-state index in [-0.39, 0.29) is 5.75 Å². The van der Waals surface area contributed by atoms with Crippen LogP contribution in [0.5, 0.6) is 5.75 Å². The Morgan fingerprint density at radius 2 is 2.20 bits per heavy atom. The van der Waals surface area contributed by atoms with Crippen LogP contribution in [0.2, 0.25) is 5.02 Å². The number of ether oxygens (including phenoxy) is 1. The first-order valence-electron chi connectivity index (χ1n) is 5.78. The molecule has 0 radical (unpaired) electrons. The molecule has 0 heterocycles. The molecule has 1 unspecified atom stereocenters. The molecule has 1 rings (SSSR count). The third-order valence-corrected chi connectivity index (χ3v) is 4.96. The van der Waals surface area contributed by atoms with Gasteiger partial charge >= 0.3 is 0 Å². The second kappa shape index (κ2) is 6.76. The predicted octanol–water partition coefficient (Wildman–Crippen LogP) is 2.28. The maximum atomic E-state index is 11.9. The average Bonchev–Trinajstić information content (AvgIpc) is 2.38. The summed E-state index contributed by atoms with van der Waals surface area (Å²) in [5.74, 6) is -0.393. The van der Waals surface area contributed by atoms with Gasteiger partial charge in [-0.3, -0.25) is 4.79 Å². The predicted molar refractivity (Wildman–Crippen MR) is 80.1 cm³/mol. The van der Waals surface area contributed by atoms with Gasteiger partial charge in [-0.25, -0.2) is 8.42 Å². The first-order valence-corrected chi connectivity index (χ1v) is 7.88. The second-order valence-electron chi connectivity index (χ2n) is 4.10. The van der Waals surface area contributed by atoms with Crippen LogP contribution in [0.3, 0.4) is 0 Å². The number of nitrogens with one attached hydrogen (secondary N) is 1. The number of amides is 1. The molecule has 0 fully saturated rings. The van der Waals surface area contributed by atoms with Crippen LogP contribution in [-0.4, -0.2) is 32.4 Å². The molecule has 5 nitrogen and oxygen atoms in total. The fourth-order valence-corrected chi connectivity index (χ4v) is 2.72. The molecule has 0 aliphatic heterocycles. The zero-order valence-corrected chi connectivity index (χ0v) is 12.8. The van der Waals surface area contributed by atoms with Crippen LogP contribution < -0.4 is 10.1 Å². The number of carbonyl (C=O) groups excluding carboxylic acids is 1. The molecule has 7 heteroatoms. The Morgan fingerprint density at radius 3 is 2.70 bits per heavy atom. The maximum Gasteiger partial charge on any atom is 0.242 e. The first-order chi connectivity index (χ1) is 9.31. The lowest BCUT2D eigenvalue weighted by molar-refractivity contribution is -0.115. The monoisotopic (exact) mass is 317 g/mol. The van der Waals surface area contributed by atoms with E-state index in [0.717, 1.165) is 0 Å². The molecule has 1 amide bonds. The van der Waals surface area contributed by atoms with E-state index < -0.39 is 21.0 Å². The van der Waals surface area contributed by atoms with Crippen LogP contribution in [0.4, 0.5) is 5.69 Å². The zero-order chi connectivity index (χ0) is 15.3. The number of benzene rings is 1. The zero-order valence-electron chi connectivity index (χ0n) is 11.2. The van der Waals surface area contributed by atoms with Gasteiger partial charge in [0.2, 0.25) is 5.91 Å². The highest BCUT2D eigenvalue weighted by atomic mass is 35.5. The highest BCUT2D eigenvalue weighted by Gasteiger charge is 2.26. The summed E-state index contributed by atoms with van der Waals surface area (Å²) >= 11 is 5.92. The standard InChI is InChI=1S/C13H16ClNO4S/c1-4-7-20(17,18)9(2)13(16)15-10-5-6-12(19-3)11(14)8-10/h4-6,8-9H,1,7H2,2-3H3,(H,15,16). The van der Waals surface area contributed by atoms with Crippen molar-refractivity contribution in [2.24, 2.45) is 0 Å². The van der Waals surface area contributed by atoms with E-state index in [0.29, 0.717) is 16.5 Å². The molecule has 0 aliphatic carbocycles. The lowest BCUT2D eigenvalue weighted by atomic mass is 10.3. The number of methoxy groups -OCH3 is 1. The summed E-state index contributed by atoms with van der Waals surface area (Å²) in [6, 6.07) is 4.65. The molecule has 0 spiro atoms. The van der Waals surface area contributed by atoms with Crippen molar-refractivity contribution in [1.82, 2.24) is 0 Å². The maximum absolute atomic E-state index is 11.9. The number of rotatable bonds is 6. The van der Waals surface area contributed by atoms with Gasteiger partial charge in [0.15, 0.2) is 9.84 Å². The number of halogens is 1. The van der Waals surface area contributed by atoms with Crippen molar-refractivity contribution in [2.75, 3.05) is 18.2 Å². The van der Waals surface area contributed by atoms with E-state index >= 15 is 0 Å². The molecule has 0 saturated heterocycles. The van der Waals surface area contributed by atoms with Crippen LogP contribution in [0.1, 0.15) is 6.92 Å². The Hall–Kier alpha value is -1.53.